The molecule has 9 heteroatoms. The van der Waals surface area contributed by atoms with Gasteiger partial charge in [-0.05, 0) is 32.9 Å². The number of hydrogen-bond donors (Lipinski definition) is 3. The normalized spacial score (nSPS) is 11.2. The summed E-state index contributed by atoms with van der Waals surface area (Å²) in [6.07, 6.45) is 2.83. The average Bonchev–Trinajstić information content (AvgIpc) is 2.58. The third-order valence-electron chi connectivity index (χ3n) is 3.05. The molecule has 0 bridgehead atoms. The van der Waals surface area contributed by atoms with Crippen LogP contribution in [0.3, 0.4) is 0 Å². The van der Waals surface area contributed by atoms with E-state index in [0.717, 1.165) is 0 Å². The van der Waals surface area contributed by atoms with Crippen LogP contribution in [0.1, 0.15) is 20.8 Å². The van der Waals surface area contributed by atoms with Gasteiger partial charge in [0.1, 0.15) is 12.2 Å². The highest BCUT2D eigenvalue weighted by Crippen LogP contribution is 2.21. The van der Waals surface area contributed by atoms with Gasteiger partial charge in [-0.15, -0.1) is 0 Å². The largest absolute Gasteiger partial charge is 0.488 e. The molecule has 0 saturated heterocycles. The molecular formula is C19H28FN3O5. The van der Waals surface area contributed by atoms with Crippen molar-refractivity contribution in [2.75, 3.05) is 38.7 Å². The summed E-state index contributed by atoms with van der Waals surface area (Å²) in [6, 6.07) is 3.65. The first-order chi connectivity index (χ1) is 13.2. The zero-order valence-electron chi connectivity index (χ0n) is 16.6. The van der Waals surface area contributed by atoms with Gasteiger partial charge >= 0.3 is 12.1 Å². The number of nitrogens with one attached hydrogen (secondary N) is 3. The van der Waals surface area contributed by atoms with Crippen LogP contribution in [0.4, 0.5) is 19.7 Å². The predicted molar refractivity (Wildman–Crippen MR) is 104 cm³/mol. The molecule has 1 rings (SSSR count). The Morgan fingerprint density at radius 2 is 1.79 bits per heavy atom. The number of hydrogen-bond acceptors (Lipinski definition) is 5. The molecule has 0 fully saturated rings. The number of methoxy groups -OCH3 is 1. The van der Waals surface area contributed by atoms with Crippen LogP contribution in [0.2, 0.25) is 0 Å². The van der Waals surface area contributed by atoms with Crippen LogP contribution in [0.25, 0.3) is 0 Å². The van der Waals surface area contributed by atoms with Gasteiger partial charge in [0.25, 0.3) is 0 Å². The third kappa shape index (κ3) is 10.4. The molecule has 28 heavy (non-hydrogen) atoms. The van der Waals surface area contributed by atoms with Crippen LogP contribution >= 0.6 is 0 Å². The van der Waals surface area contributed by atoms with Crippen molar-refractivity contribution in [1.29, 1.82) is 0 Å². The molecule has 0 aliphatic carbocycles. The van der Waals surface area contributed by atoms with Gasteiger partial charge in [0.15, 0.2) is 11.6 Å². The quantitative estimate of drug-likeness (QED) is 0.439. The standard InChI is InChI=1S/C19H28FN3O5/c1-19(2,3)28-18(25)22-10-6-5-9-21-17(24)23-14-7-8-16(15(20)13-14)27-12-11-26-4/h5-8,13H,9-12H2,1-4H3,(H,22,25)(H2,21,23,24). The van der Waals surface area contributed by atoms with Crippen LogP contribution in [0.15, 0.2) is 30.4 Å². The van der Waals surface area contributed by atoms with E-state index in [1.54, 1.807) is 32.9 Å². The number of rotatable bonds is 9. The smallest absolute Gasteiger partial charge is 0.407 e. The Bertz CT molecular complexity index is 674. The molecule has 156 valence electrons. The molecule has 0 aromatic heterocycles. The maximum absolute atomic E-state index is 13.9. The van der Waals surface area contributed by atoms with Gasteiger partial charge in [-0.3, -0.25) is 0 Å². The third-order valence-corrected chi connectivity index (χ3v) is 3.05. The monoisotopic (exact) mass is 397 g/mol. The van der Waals surface area contributed by atoms with Crippen molar-refractivity contribution in [3.63, 3.8) is 0 Å². The van der Waals surface area contributed by atoms with E-state index >= 15 is 0 Å². The molecule has 0 radical (unpaired) electrons. The molecule has 1 aromatic rings. The Balaban J connectivity index is 2.29. The van der Waals surface area contributed by atoms with Gasteiger partial charge in [0.2, 0.25) is 0 Å². The zero-order valence-corrected chi connectivity index (χ0v) is 16.6. The fraction of sp³-hybridized carbons (Fsp3) is 0.474. The average molecular weight is 397 g/mol. The molecule has 0 saturated carbocycles. The molecule has 8 nitrogen and oxygen atoms in total. The number of ether oxygens (including phenoxy) is 3. The van der Waals surface area contributed by atoms with Crippen molar-refractivity contribution in [2.45, 2.75) is 26.4 Å². The van der Waals surface area contributed by atoms with E-state index in [0.29, 0.717) is 12.3 Å². The lowest BCUT2D eigenvalue weighted by atomic mass is 10.2. The van der Waals surface area contributed by atoms with E-state index in [-0.39, 0.29) is 25.4 Å². The summed E-state index contributed by atoms with van der Waals surface area (Å²) in [5.41, 5.74) is -0.258. The van der Waals surface area contributed by atoms with Crippen molar-refractivity contribution < 1.29 is 28.2 Å². The molecule has 3 N–H and O–H groups in total. The van der Waals surface area contributed by atoms with E-state index in [1.807, 2.05) is 0 Å². The van der Waals surface area contributed by atoms with E-state index in [2.05, 4.69) is 16.0 Å². The number of anilines is 1. The van der Waals surface area contributed by atoms with Gasteiger partial charge in [-0.25, -0.2) is 14.0 Å². The van der Waals surface area contributed by atoms with Gasteiger partial charge < -0.3 is 30.2 Å². The minimum absolute atomic E-state index is 0.0865. The zero-order chi connectivity index (χ0) is 21.0. The number of halogens is 1. The van der Waals surface area contributed by atoms with Crippen LogP contribution in [-0.4, -0.2) is 51.1 Å². The van der Waals surface area contributed by atoms with E-state index < -0.39 is 23.5 Å². The summed E-state index contributed by atoms with van der Waals surface area (Å²) in [7, 11) is 1.53. The predicted octanol–water partition coefficient (Wildman–Crippen LogP) is 3.05. The van der Waals surface area contributed by atoms with E-state index in [9.17, 15) is 14.0 Å². The second kappa shape index (κ2) is 11.8. The first kappa shape index (κ1) is 23.2. The molecular weight excluding hydrogens is 369 g/mol. The fourth-order valence-electron chi connectivity index (χ4n) is 1.88. The highest BCUT2D eigenvalue weighted by Gasteiger charge is 2.15. The lowest BCUT2D eigenvalue weighted by Gasteiger charge is -2.19. The van der Waals surface area contributed by atoms with E-state index in [4.69, 9.17) is 14.2 Å². The Hall–Kier alpha value is -2.81. The summed E-state index contributed by atoms with van der Waals surface area (Å²) in [5, 5.41) is 7.66. The number of carbonyl (C=O) groups excluding carboxylic acids is 2. The van der Waals surface area contributed by atoms with Gasteiger partial charge in [0, 0.05) is 32.0 Å². The number of amides is 3. The highest BCUT2D eigenvalue weighted by atomic mass is 19.1. The first-order valence-corrected chi connectivity index (χ1v) is 8.79. The summed E-state index contributed by atoms with van der Waals surface area (Å²) < 4.78 is 29.0. The van der Waals surface area contributed by atoms with Gasteiger partial charge in [-0.2, -0.15) is 0 Å². The van der Waals surface area contributed by atoms with Crippen molar-refractivity contribution in [3.8, 4) is 5.75 Å². The topological polar surface area (TPSA) is 97.9 Å². The van der Waals surface area contributed by atoms with Crippen molar-refractivity contribution in [2.24, 2.45) is 0 Å². The molecule has 0 aliphatic heterocycles. The molecule has 0 unspecified atom stereocenters. The van der Waals surface area contributed by atoms with Crippen molar-refractivity contribution >= 4 is 17.8 Å². The lowest BCUT2D eigenvalue weighted by molar-refractivity contribution is 0.0534. The van der Waals surface area contributed by atoms with Gasteiger partial charge in [-0.1, -0.05) is 12.2 Å². The second-order valence-corrected chi connectivity index (χ2v) is 6.68. The van der Waals surface area contributed by atoms with Crippen LogP contribution in [0.5, 0.6) is 5.75 Å². The second-order valence-electron chi connectivity index (χ2n) is 6.68. The molecule has 0 atom stereocenters. The SMILES string of the molecule is COCCOc1ccc(NC(=O)NCC=CCNC(=O)OC(C)(C)C)cc1F. The Morgan fingerprint density at radius 3 is 2.39 bits per heavy atom. The minimum Gasteiger partial charge on any atom is -0.488 e. The number of urea groups is 1. The number of alkyl carbamates (subject to hydrolysis) is 1. The summed E-state index contributed by atoms with van der Waals surface area (Å²) in [5.74, 6) is -0.495. The first-order valence-electron chi connectivity index (χ1n) is 8.79. The van der Waals surface area contributed by atoms with Crippen LogP contribution in [-0.2, 0) is 9.47 Å². The molecule has 3 amide bonds. The Labute approximate surface area is 164 Å². The van der Waals surface area contributed by atoms with Gasteiger partial charge in [0.05, 0.1) is 6.61 Å². The Morgan fingerprint density at radius 1 is 1.11 bits per heavy atom. The number of benzene rings is 1. The highest BCUT2D eigenvalue weighted by molar-refractivity contribution is 5.89. The Kier molecular flexibility index (Phi) is 9.80. The maximum atomic E-state index is 13.9. The molecule has 0 aliphatic rings. The number of carbonyl (C=O) groups is 2. The summed E-state index contributed by atoms with van der Waals surface area (Å²) >= 11 is 0. The van der Waals surface area contributed by atoms with Crippen molar-refractivity contribution in [1.82, 2.24) is 10.6 Å². The van der Waals surface area contributed by atoms with Crippen molar-refractivity contribution in [3.05, 3.63) is 36.2 Å². The molecule has 0 heterocycles. The minimum atomic E-state index is -0.581. The summed E-state index contributed by atoms with van der Waals surface area (Å²) in [4.78, 5) is 23.2. The molecule has 1 aromatic carbocycles. The molecule has 0 spiro atoms. The summed E-state index contributed by atoms with van der Waals surface area (Å²) in [6.45, 7) is 6.42. The van der Waals surface area contributed by atoms with Crippen LogP contribution in [0, 0.1) is 5.82 Å². The lowest BCUT2D eigenvalue weighted by Crippen LogP contribution is -2.32. The maximum Gasteiger partial charge on any atom is 0.407 e. The fourth-order valence-corrected chi connectivity index (χ4v) is 1.88. The van der Waals surface area contributed by atoms with Crippen LogP contribution < -0.4 is 20.7 Å². The van der Waals surface area contributed by atoms with E-state index in [1.165, 1.54) is 25.3 Å².